The molecule has 0 radical (unpaired) electrons. The van der Waals surface area contributed by atoms with Gasteiger partial charge in [-0.1, -0.05) is 18.2 Å². The molecule has 0 spiro atoms. The highest BCUT2D eigenvalue weighted by Crippen LogP contribution is 2.16. The van der Waals surface area contributed by atoms with Gasteiger partial charge in [-0.25, -0.2) is 0 Å². The average Bonchev–Trinajstić information content (AvgIpc) is 2.20. The van der Waals surface area contributed by atoms with Crippen LogP contribution in [-0.4, -0.2) is 28.3 Å². The van der Waals surface area contributed by atoms with Gasteiger partial charge in [-0.05, 0) is 26.3 Å². The molecule has 1 rings (SSSR count). The summed E-state index contributed by atoms with van der Waals surface area (Å²) in [7, 11) is 0. The molecule has 4 heteroatoms. The van der Waals surface area contributed by atoms with E-state index in [1.54, 1.807) is 24.3 Å². The lowest BCUT2D eigenvalue weighted by Crippen LogP contribution is -2.44. The third-order valence-corrected chi connectivity index (χ3v) is 2.56. The first-order valence-corrected chi connectivity index (χ1v) is 5.63. The van der Waals surface area contributed by atoms with E-state index >= 15 is 0 Å². The molecule has 0 unspecified atom stereocenters. The van der Waals surface area contributed by atoms with Crippen molar-refractivity contribution >= 4 is 5.91 Å². The van der Waals surface area contributed by atoms with Crippen molar-refractivity contribution in [3.63, 3.8) is 0 Å². The van der Waals surface area contributed by atoms with Crippen LogP contribution < -0.4 is 5.32 Å². The summed E-state index contributed by atoms with van der Waals surface area (Å²) in [5.41, 5.74) is 0.167. The van der Waals surface area contributed by atoms with E-state index in [0.29, 0.717) is 12.0 Å². The highest BCUT2D eigenvalue weighted by Gasteiger charge is 2.20. The number of carbonyl (C=O) groups is 1. The van der Waals surface area contributed by atoms with Gasteiger partial charge in [-0.15, -0.1) is 0 Å². The highest BCUT2D eigenvalue weighted by molar-refractivity contribution is 5.79. The molecule has 0 saturated carbocycles. The number of para-hydroxylation sites is 1. The van der Waals surface area contributed by atoms with Gasteiger partial charge in [0.15, 0.2) is 0 Å². The fourth-order valence-electron chi connectivity index (χ4n) is 1.60. The van der Waals surface area contributed by atoms with Crippen LogP contribution in [0.3, 0.4) is 0 Å². The minimum atomic E-state index is -0.434. The smallest absolute Gasteiger partial charge is 0.224 e. The number of hydrogen-bond acceptors (Lipinski definition) is 3. The molecule has 4 nitrogen and oxygen atoms in total. The quantitative estimate of drug-likeness (QED) is 0.721. The lowest BCUT2D eigenvalue weighted by Gasteiger charge is -2.25. The van der Waals surface area contributed by atoms with Crippen LogP contribution in [0.15, 0.2) is 24.3 Å². The predicted octanol–water partition coefficient (Wildman–Crippen LogP) is 1.21. The zero-order chi connectivity index (χ0) is 12.9. The molecule has 3 N–H and O–H groups in total. The maximum absolute atomic E-state index is 11.8. The zero-order valence-corrected chi connectivity index (χ0v) is 10.2. The molecule has 0 aliphatic carbocycles. The van der Waals surface area contributed by atoms with E-state index in [4.69, 9.17) is 5.11 Å². The monoisotopic (exact) mass is 237 g/mol. The summed E-state index contributed by atoms with van der Waals surface area (Å²) in [5.74, 6) is -0.0347. The van der Waals surface area contributed by atoms with Gasteiger partial charge in [0, 0.05) is 17.7 Å². The second kappa shape index (κ2) is 5.68. The van der Waals surface area contributed by atoms with E-state index < -0.39 is 5.54 Å². The van der Waals surface area contributed by atoms with E-state index in [9.17, 15) is 9.90 Å². The summed E-state index contributed by atoms with van der Waals surface area (Å²) in [4.78, 5) is 11.8. The van der Waals surface area contributed by atoms with Crippen LogP contribution in [0.25, 0.3) is 0 Å². The standard InChI is InChI=1S/C13H19NO3/c1-13(2,7-8-15)14-12(17)9-10-5-3-4-6-11(10)16/h3-6,15-16H,7-9H2,1-2H3,(H,14,17). The molecule has 94 valence electrons. The molecular weight excluding hydrogens is 218 g/mol. The number of benzene rings is 1. The molecule has 1 aromatic carbocycles. The average molecular weight is 237 g/mol. The fourth-order valence-corrected chi connectivity index (χ4v) is 1.60. The molecule has 1 amide bonds. The van der Waals surface area contributed by atoms with Gasteiger partial charge in [0.25, 0.3) is 0 Å². The molecule has 0 fully saturated rings. The third-order valence-electron chi connectivity index (χ3n) is 2.56. The minimum absolute atomic E-state index is 0.0316. The van der Waals surface area contributed by atoms with Crippen molar-refractivity contribution in [1.29, 1.82) is 0 Å². The Bertz CT molecular complexity index is 388. The summed E-state index contributed by atoms with van der Waals surface area (Å²) < 4.78 is 0. The first-order chi connectivity index (χ1) is 7.94. The number of nitrogens with one attached hydrogen (secondary N) is 1. The summed E-state index contributed by atoms with van der Waals surface area (Å²) in [6.07, 6.45) is 0.640. The van der Waals surface area contributed by atoms with Crippen molar-refractivity contribution in [2.45, 2.75) is 32.2 Å². The molecule has 17 heavy (non-hydrogen) atoms. The lowest BCUT2D eigenvalue weighted by molar-refractivity contribution is -0.122. The number of amides is 1. The normalized spacial score (nSPS) is 11.2. The van der Waals surface area contributed by atoms with Gasteiger partial charge in [0.05, 0.1) is 6.42 Å². The van der Waals surface area contributed by atoms with Gasteiger partial charge in [-0.3, -0.25) is 4.79 Å². The van der Waals surface area contributed by atoms with Gasteiger partial charge in [-0.2, -0.15) is 0 Å². The highest BCUT2D eigenvalue weighted by atomic mass is 16.3. The number of rotatable bonds is 5. The van der Waals surface area contributed by atoms with E-state index in [1.807, 2.05) is 13.8 Å². The van der Waals surface area contributed by atoms with Crippen LogP contribution in [0, 0.1) is 0 Å². The number of aromatic hydroxyl groups is 1. The Hall–Kier alpha value is -1.55. The Morgan fingerprint density at radius 1 is 1.35 bits per heavy atom. The van der Waals surface area contributed by atoms with Crippen LogP contribution in [0.5, 0.6) is 5.75 Å². The van der Waals surface area contributed by atoms with Gasteiger partial charge < -0.3 is 15.5 Å². The first-order valence-electron chi connectivity index (χ1n) is 5.63. The zero-order valence-electron chi connectivity index (χ0n) is 10.2. The molecular formula is C13H19NO3. The second-order valence-corrected chi connectivity index (χ2v) is 4.71. The summed E-state index contributed by atoms with van der Waals surface area (Å²) >= 11 is 0. The molecule has 0 heterocycles. The Morgan fingerprint density at radius 2 is 2.00 bits per heavy atom. The van der Waals surface area contributed by atoms with Crippen LogP contribution in [0.1, 0.15) is 25.8 Å². The van der Waals surface area contributed by atoms with E-state index in [0.717, 1.165) is 0 Å². The summed E-state index contributed by atoms with van der Waals surface area (Å²) in [5, 5.41) is 21.2. The number of hydrogen-bond donors (Lipinski definition) is 3. The van der Waals surface area contributed by atoms with Crippen LogP contribution in [-0.2, 0) is 11.2 Å². The second-order valence-electron chi connectivity index (χ2n) is 4.71. The molecule has 0 bridgehead atoms. The van der Waals surface area contributed by atoms with Crippen molar-refractivity contribution < 1.29 is 15.0 Å². The van der Waals surface area contributed by atoms with Gasteiger partial charge in [0.2, 0.25) is 5.91 Å². The molecule has 0 atom stereocenters. The Kier molecular flexibility index (Phi) is 4.52. The third kappa shape index (κ3) is 4.44. The molecule has 1 aromatic rings. The van der Waals surface area contributed by atoms with Crippen molar-refractivity contribution in [2.75, 3.05) is 6.61 Å². The maximum atomic E-state index is 11.8. The molecule has 0 aromatic heterocycles. The minimum Gasteiger partial charge on any atom is -0.508 e. The Labute approximate surface area is 101 Å². The van der Waals surface area contributed by atoms with E-state index in [1.165, 1.54) is 0 Å². The van der Waals surface area contributed by atoms with Gasteiger partial charge in [0.1, 0.15) is 5.75 Å². The largest absolute Gasteiger partial charge is 0.508 e. The molecule has 0 aliphatic heterocycles. The van der Waals surface area contributed by atoms with Crippen molar-refractivity contribution in [3.05, 3.63) is 29.8 Å². The number of aliphatic hydroxyl groups excluding tert-OH is 1. The van der Waals surface area contributed by atoms with Crippen molar-refractivity contribution in [2.24, 2.45) is 0 Å². The number of phenolic OH excluding ortho intramolecular Hbond substituents is 1. The van der Waals surface area contributed by atoms with Gasteiger partial charge >= 0.3 is 0 Å². The van der Waals surface area contributed by atoms with Crippen LogP contribution in [0.4, 0.5) is 0 Å². The predicted molar refractivity (Wildman–Crippen MR) is 65.7 cm³/mol. The summed E-state index contributed by atoms with van der Waals surface area (Å²) in [6, 6.07) is 6.77. The van der Waals surface area contributed by atoms with Crippen molar-refractivity contribution in [1.82, 2.24) is 5.32 Å². The SMILES string of the molecule is CC(C)(CCO)NC(=O)Cc1ccccc1O. The number of carbonyl (C=O) groups excluding carboxylic acids is 1. The molecule has 0 saturated heterocycles. The number of aliphatic hydroxyl groups is 1. The van der Waals surface area contributed by atoms with Crippen LogP contribution >= 0.6 is 0 Å². The van der Waals surface area contributed by atoms with E-state index in [-0.39, 0.29) is 24.7 Å². The van der Waals surface area contributed by atoms with E-state index in [2.05, 4.69) is 5.32 Å². The maximum Gasteiger partial charge on any atom is 0.224 e. The number of phenols is 1. The van der Waals surface area contributed by atoms with Crippen molar-refractivity contribution in [3.8, 4) is 5.75 Å². The Morgan fingerprint density at radius 3 is 2.59 bits per heavy atom. The molecule has 0 aliphatic rings. The van der Waals surface area contributed by atoms with Crippen LogP contribution in [0.2, 0.25) is 0 Å². The Balaban J connectivity index is 2.59. The first kappa shape index (κ1) is 13.5. The topological polar surface area (TPSA) is 69.6 Å². The lowest BCUT2D eigenvalue weighted by atomic mass is 10.0. The fraction of sp³-hybridized carbons (Fsp3) is 0.462. The summed E-state index contributed by atoms with van der Waals surface area (Å²) in [6.45, 7) is 3.74.